The van der Waals surface area contributed by atoms with E-state index in [2.05, 4.69) is 55.6 Å². The molecule has 3 heterocycles. The van der Waals surface area contributed by atoms with E-state index in [1.54, 1.807) is 0 Å². The Morgan fingerprint density at radius 2 is 0.767 bits per heavy atom. The predicted molar refractivity (Wildman–Crippen MR) is 351 cm³/mol. The summed E-state index contributed by atoms with van der Waals surface area (Å²) in [6.07, 6.45) is 35.3. The summed E-state index contributed by atoms with van der Waals surface area (Å²) in [6, 6.07) is -0.897. The van der Waals surface area contributed by atoms with Gasteiger partial charge in [0, 0.05) is 6.42 Å². The molecule has 3 rings (SSSR count). The van der Waals surface area contributed by atoms with Crippen LogP contribution in [0.25, 0.3) is 0 Å². The Balaban J connectivity index is 1.38. The maximum absolute atomic E-state index is 13.4. The van der Waals surface area contributed by atoms with E-state index in [-0.39, 0.29) is 18.9 Å². The Bertz CT molecular complexity index is 1780. The molecule has 90 heavy (non-hydrogen) atoms. The molecule has 0 aromatic carbocycles. The van der Waals surface area contributed by atoms with Crippen molar-refractivity contribution in [2.75, 3.05) is 26.4 Å². The first kappa shape index (κ1) is 82.2. The van der Waals surface area contributed by atoms with Crippen molar-refractivity contribution in [3.8, 4) is 0 Å². The highest BCUT2D eigenvalue weighted by atomic mass is 16.8. The number of unbranched alkanes of at least 4 members (excludes halogenated alkanes) is 34. The highest BCUT2D eigenvalue weighted by Gasteiger charge is 2.53. The van der Waals surface area contributed by atoms with Crippen molar-refractivity contribution < 1.29 is 89.4 Å². The maximum atomic E-state index is 13.4. The lowest BCUT2D eigenvalue weighted by Gasteiger charge is -2.48. The average molecular weight is 1290 g/mol. The Hall–Kier alpha value is -1.99. The number of carbonyl (C=O) groups is 1. The number of carbonyl (C=O) groups excluding carboxylic acids is 1. The zero-order valence-electron chi connectivity index (χ0n) is 55.9. The van der Waals surface area contributed by atoms with Gasteiger partial charge in [0.05, 0.1) is 38.6 Å². The van der Waals surface area contributed by atoms with Crippen LogP contribution in [0.4, 0.5) is 0 Å². The highest BCUT2D eigenvalue weighted by Crippen LogP contribution is 2.33. The van der Waals surface area contributed by atoms with Crippen molar-refractivity contribution in [1.29, 1.82) is 0 Å². The SMILES string of the molecule is CC/C=C\C/C=C\C/C=C\CCCCCCCC(=O)NC(COC1OC(CO)C(OC2OC(CO)C(OC3OC(CO)C(O)C(O)C3O)C(O)C2O)C(O)C1O)C(O)CCCCCCCCCCCCCCCCCCCCCCCCCCCCCCCC. The van der Waals surface area contributed by atoms with Gasteiger partial charge >= 0.3 is 0 Å². The molecule has 528 valence electrons. The van der Waals surface area contributed by atoms with Crippen LogP contribution in [-0.4, -0.2) is 193 Å². The number of hydrogen-bond donors (Lipinski definition) is 12. The van der Waals surface area contributed by atoms with Crippen LogP contribution in [-0.2, 0) is 33.2 Å². The number of rotatable bonds is 56. The number of allylic oxidation sites excluding steroid dienone is 6. The lowest BCUT2D eigenvalue weighted by atomic mass is 9.96. The summed E-state index contributed by atoms with van der Waals surface area (Å²) in [5, 5.41) is 121. The summed E-state index contributed by atoms with van der Waals surface area (Å²) in [5.74, 6) is -0.258. The molecule has 3 aliphatic heterocycles. The molecule has 0 saturated carbocycles. The van der Waals surface area contributed by atoms with Gasteiger partial charge in [-0.25, -0.2) is 0 Å². The van der Waals surface area contributed by atoms with E-state index in [4.69, 9.17) is 28.4 Å². The third-order valence-electron chi connectivity index (χ3n) is 18.2. The maximum Gasteiger partial charge on any atom is 0.220 e. The van der Waals surface area contributed by atoms with Gasteiger partial charge in [0.15, 0.2) is 18.9 Å². The van der Waals surface area contributed by atoms with Crippen molar-refractivity contribution in [1.82, 2.24) is 5.32 Å². The topological polar surface area (TPSA) is 307 Å². The minimum atomic E-state index is -1.97. The second-order valence-electron chi connectivity index (χ2n) is 26.0. The molecule has 3 aliphatic rings. The molecule has 0 aromatic rings. The molecule has 0 bridgehead atoms. The van der Waals surface area contributed by atoms with Gasteiger partial charge in [-0.2, -0.15) is 0 Å². The second-order valence-corrected chi connectivity index (χ2v) is 26.0. The minimum Gasteiger partial charge on any atom is -0.394 e. The normalized spacial score (nSPS) is 28.2. The van der Waals surface area contributed by atoms with Crippen LogP contribution >= 0.6 is 0 Å². The fraction of sp³-hybridized carbons (Fsp3) is 0.901. The Labute approximate surface area is 542 Å². The van der Waals surface area contributed by atoms with Gasteiger partial charge < -0.3 is 89.9 Å². The second kappa shape index (κ2) is 53.2. The minimum absolute atomic E-state index is 0.247. The van der Waals surface area contributed by atoms with E-state index < -0.39 is 124 Å². The van der Waals surface area contributed by atoms with Crippen molar-refractivity contribution >= 4 is 5.91 Å². The highest BCUT2D eigenvalue weighted by molar-refractivity contribution is 5.76. The summed E-state index contributed by atoms with van der Waals surface area (Å²) in [4.78, 5) is 13.4. The smallest absolute Gasteiger partial charge is 0.220 e. The molecule has 1 amide bonds. The summed E-state index contributed by atoms with van der Waals surface area (Å²) >= 11 is 0. The quantitative estimate of drug-likeness (QED) is 0.0199. The van der Waals surface area contributed by atoms with Crippen molar-refractivity contribution in [3.63, 3.8) is 0 Å². The number of nitrogens with one attached hydrogen (secondary N) is 1. The Morgan fingerprint density at radius 1 is 0.411 bits per heavy atom. The number of hydrogen-bond acceptors (Lipinski definition) is 18. The first-order valence-corrected chi connectivity index (χ1v) is 36.2. The first-order chi connectivity index (χ1) is 43.8. The fourth-order valence-electron chi connectivity index (χ4n) is 12.4. The molecule has 3 fully saturated rings. The molecular formula is C71H131NO18. The summed E-state index contributed by atoms with van der Waals surface area (Å²) in [5.41, 5.74) is 0. The van der Waals surface area contributed by atoms with Gasteiger partial charge in [-0.1, -0.05) is 262 Å². The van der Waals surface area contributed by atoms with Crippen molar-refractivity contribution in [3.05, 3.63) is 36.5 Å². The van der Waals surface area contributed by atoms with Crippen LogP contribution in [0.1, 0.15) is 277 Å². The Morgan fingerprint density at radius 3 is 1.20 bits per heavy atom. The standard InChI is InChI=1S/C71H131NO18/c1-3-5-7-9-11-13-15-17-19-20-21-22-23-24-25-26-27-28-29-30-31-32-33-35-36-38-40-42-44-46-48-55(76)54(72-59(77)49-47-45-43-41-39-37-34-18-16-14-12-10-8-6-4-2)53-85-69-65(83)62(80)67(57(51-74)87-69)90-71-66(84)63(81)68(58(52-75)88-71)89-70-64(82)61(79)60(78)56(50-73)86-70/h6,8,12,14,18,34,54-58,60-71,73-76,78-84H,3-5,7,9-11,13,15-17,19-33,35-53H2,1-2H3,(H,72,77)/b8-6-,14-12-,34-18-. The predicted octanol–water partition coefficient (Wildman–Crippen LogP) is 10.00. The first-order valence-electron chi connectivity index (χ1n) is 36.2. The van der Waals surface area contributed by atoms with Gasteiger partial charge in [-0.15, -0.1) is 0 Å². The largest absolute Gasteiger partial charge is 0.394 e. The lowest BCUT2D eigenvalue weighted by Crippen LogP contribution is -2.66. The molecule has 17 atom stereocenters. The van der Waals surface area contributed by atoms with Crippen LogP contribution in [0, 0.1) is 0 Å². The zero-order chi connectivity index (χ0) is 65.4. The van der Waals surface area contributed by atoms with E-state index >= 15 is 0 Å². The molecule has 17 unspecified atom stereocenters. The third-order valence-corrected chi connectivity index (χ3v) is 18.2. The molecule has 0 radical (unpaired) electrons. The fourth-order valence-corrected chi connectivity index (χ4v) is 12.4. The number of amides is 1. The molecule has 12 N–H and O–H groups in total. The Kier molecular flexibility index (Phi) is 48.6. The van der Waals surface area contributed by atoms with Gasteiger partial charge in [0.25, 0.3) is 0 Å². The molecule has 0 aromatic heterocycles. The zero-order valence-corrected chi connectivity index (χ0v) is 55.9. The summed E-state index contributed by atoms with van der Waals surface area (Å²) in [7, 11) is 0. The number of aliphatic hydroxyl groups is 11. The van der Waals surface area contributed by atoms with Gasteiger partial charge in [-0.05, 0) is 44.9 Å². The van der Waals surface area contributed by atoms with Crippen LogP contribution in [0.15, 0.2) is 36.5 Å². The monoisotopic (exact) mass is 1290 g/mol. The summed E-state index contributed by atoms with van der Waals surface area (Å²) < 4.78 is 34.4. The molecule has 0 spiro atoms. The lowest BCUT2D eigenvalue weighted by molar-refractivity contribution is -0.379. The van der Waals surface area contributed by atoms with Gasteiger partial charge in [0.2, 0.25) is 5.91 Å². The van der Waals surface area contributed by atoms with E-state index in [1.807, 2.05) is 0 Å². The van der Waals surface area contributed by atoms with Crippen LogP contribution < -0.4 is 5.32 Å². The van der Waals surface area contributed by atoms with Gasteiger partial charge in [-0.3, -0.25) is 4.79 Å². The molecule has 19 nitrogen and oxygen atoms in total. The third kappa shape index (κ3) is 34.6. The average Bonchev–Trinajstić information content (AvgIpc) is 0.866. The molecule has 0 aliphatic carbocycles. The summed E-state index contributed by atoms with van der Waals surface area (Å²) in [6.45, 7) is 1.69. The van der Waals surface area contributed by atoms with Crippen molar-refractivity contribution in [2.24, 2.45) is 0 Å². The van der Waals surface area contributed by atoms with E-state index in [1.165, 1.54) is 167 Å². The van der Waals surface area contributed by atoms with E-state index in [0.717, 1.165) is 77.0 Å². The molecule has 3 saturated heterocycles. The van der Waals surface area contributed by atoms with Crippen molar-refractivity contribution in [2.45, 2.75) is 381 Å². The van der Waals surface area contributed by atoms with E-state index in [0.29, 0.717) is 12.8 Å². The van der Waals surface area contributed by atoms with E-state index in [9.17, 15) is 61.0 Å². The number of aliphatic hydroxyl groups excluding tert-OH is 11. The molecule has 19 heteroatoms. The van der Waals surface area contributed by atoms with Crippen LogP contribution in [0.5, 0.6) is 0 Å². The van der Waals surface area contributed by atoms with Crippen LogP contribution in [0.3, 0.4) is 0 Å². The number of ether oxygens (including phenoxy) is 6. The van der Waals surface area contributed by atoms with Gasteiger partial charge in [0.1, 0.15) is 73.2 Å². The van der Waals surface area contributed by atoms with Crippen LogP contribution in [0.2, 0.25) is 0 Å². The molecular weight excluding hydrogens is 1150 g/mol.